The van der Waals surface area contributed by atoms with Gasteiger partial charge in [0.05, 0.1) is 24.5 Å². The lowest BCUT2D eigenvalue weighted by atomic mass is 9.84. The molecule has 0 bridgehead atoms. The van der Waals surface area contributed by atoms with Crippen LogP contribution in [0.25, 0.3) is 0 Å². The molecule has 0 radical (unpaired) electrons. The predicted octanol–water partition coefficient (Wildman–Crippen LogP) is 3.26. The molecule has 1 spiro atoms. The van der Waals surface area contributed by atoms with Crippen LogP contribution in [0.4, 0.5) is 0 Å². The third kappa shape index (κ3) is 1.89. The standard InChI is InChI=1S/C17H17ClO4/c1-2-21-16(20)14-10-5-6-17(15(10)14)8-12(19)11-7-9(18)3-4-13(11)22-17/h3-4,7,10,14-15H,2,5-6,8H2,1H3/t10-,14+,15-,17-/m0/s1. The van der Waals surface area contributed by atoms with E-state index in [0.29, 0.717) is 35.3 Å². The molecular formula is C17H17ClO4. The van der Waals surface area contributed by atoms with Crippen molar-refractivity contribution in [2.75, 3.05) is 6.61 Å². The van der Waals surface area contributed by atoms with E-state index in [4.69, 9.17) is 21.1 Å². The summed E-state index contributed by atoms with van der Waals surface area (Å²) >= 11 is 5.96. The number of esters is 1. The molecule has 0 amide bonds. The maximum Gasteiger partial charge on any atom is 0.309 e. The molecule has 4 nitrogen and oxygen atoms in total. The first-order valence-electron chi connectivity index (χ1n) is 7.74. The highest BCUT2D eigenvalue weighted by atomic mass is 35.5. The predicted molar refractivity (Wildman–Crippen MR) is 80.1 cm³/mol. The van der Waals surface area contributed by atoms with E-state index in [-0.39, 0.29) is 23.6 Å². The summed E-state index contributed by atoms with van der Waals surface area (Å²) in [6.07, 6.45) is 2.08. The van der Waals surface area contributed by atoms with Gasteiger partial charge in [-0.25, -0.2) is 0 Å². The van der Waals surface area contributed by atoms with Crippen molar-refractivity contribution in [2.45, 2.75) is 31.8 Å². The topological polar surface area (TPSA) is 52.6 Å². The average Bonchev–Trinajstić information content (AvgIpc) is 3.13. The first-order chi connectivity index (χ1) is 10.6. The second-order valence-corrected chi connectivity index (χ2v) is 6.85. The largest absolute Gasteiger partial charge is 0.486 e. The molecule has 1 heterocycles. The van der Waals surface area contributed by atoms with E-state index < -0.39 is 5.60 Å². The number of halogens is 1. The lowest BCUT2D eigenvalue weighted by molar-refractivity contribution is -0.146. The van der Waals surface area contributed by atoms with Gasteiger partial charge in [-0.15, -0.1) is 0 Å². The van der Waals surface area contributed by atoms with Gasteiger partial charge < -0.3 is 9.47 Å². The Balaban J connectivity index is 1.63. The molecule has 1 aromatic carbocycles. The molecule has 2 aliphatic carbocycles. The van der Waals surface area contributed by atoms with Crippen molar-refractivity contribution in [3.8, 4) is 5.75 Å². The highest BCUT2D eigenvalue weighted by Gasteiger charge is 2.71. The average molecular weight is 321 g/mol. The summed E-state index contributed by atoms with van der Waals surface area (Å²) in [6, 6.07) is 5.15. The molecule has 5 heteroatoms. The van der Waals surface area contributed by atoms with Gasteiger partial charge in [-0.1, -0.05) is 11.6 Å². The van der Waals surface area contributed by atoms with Crippen molar-refractivity contribution in [1.82, 2.24) is 0 Å². The fourth-order valence-electron chi connectivity index (χ4n) is 4.34. The van der Waals surface area contributed by atoms with Crippen molar-refractivity contribution in [1.29, 1.82) is 0 Å². The molecule has 1 aliphatic heterocycles. The number of rotatable bonds is 2. The highest BCUT2D eigenvalue weighted by molar-refractivity contribution is 6.31. The molecule has 0 saturated heterocycles. The fraction of sp³-hybridized carbons (Fsp3) is 0.529. The second-order valence-electron chi connectivity index (χ2n) is 6.41. The molecule has 1 aromatic rings. The fourth-order valence-corrected chi connectivity index (χ4v) is 4.52. The Morgan fingerprint density at radius 1 is 1.50 bits per heavy atom. The van der Waals surface area contributed by atoms with Crippen LogP contribution in [0, 0.1) is 17.8 Å². The third-order valence-corrected chi connectivity index (χ3v) is 5.49. The van der Waals surface area contributed by atoms with Gasteiger partial charge in [-0.3, -0.25) is 9.59 Å². The van der Waals surface area contributed by atoms with Crippen LogP contribution in [-0.4, -0.2) is 24.0 Å². The normalized spacial score (nSPS) is 34.8. The van der Waals surface area contributed by atoms with E-state index >= 15 is 0 Å². The Hall–Kier alpha value is -1.55. The van der Waals surface area contributed by atoms with Crippen LogP contribution in [0.1, 0.15) is 36.5 Å². The van der Waals surface area contributed by atoms with E-state index in [1.807, 2.05) is 6.92 Å². The number of hydrogen-bond acceptors (Lipinski definition) is 4. The van der Waals surface area contributed by atoms with Crippen LogP contribution in [0.2, 0.25) is 5.02 Å². The number of carbonyl (C=O) groups is 2. The minimum Gasteiger partial charge on any atom is -0.486 e. The molecular weight excluding hydrogens is 304 g/mol. The van der Waals surface area contributed by atoms with Crippen molar-refractivity contribution in [3.63, 3.8) is 0 Å². The summed E-state index contributed by atoms with van der Waals surface area (Å²) in [5.74, 6) is 0.819. The minimum atomic E-state index is -0.528. The monoisotopic (exact) mass is 320 g/mol. The summed E-state index contributed by atoms with van der Waals surface area (Å²) in [6.45, 7) is 2.20. The molecule has 2 fully saturated rings. The van der Waals surface area contributed by atoms with E-state index in [9.17, 15) is 9.59 Å². The molecule has 0 N–H and O–H groups in total. The second kappa shape index (κ2) is 4.72. The molecule has 4 atom stereocenters. The number of benzene rings is 1. The Labute approximate surface area is 133 Å². The van der Waals surface area contributed by atoms with Crippen LogP contribution in [0.5, 0.6) is 5.75 Å². The molecule has 0 unspecified atom stereocenters. The highest BCUT2D eigenvalue weighted by Crippen LogP contribution is 2.66. The van der Waals surface area contributed by atoms with Crippen LogP contribution >= 0.6 is 11.6 Å². The smallest absolute Gasteiger partial charge is 0.309 e. The number of Topliss-reactive ketones (excluding diaryl/α,β-unsaturated/α-hetero) is 1. The lowest BCUT2D eigenvalue weighted by Gasteiger charge is -2.37. The van der Waals surface area contributed by atoms with Crippen molar-refractivity contribution < 1.29 is 19.1 Å². The van der Waals surface area contributed by atoms with Crippen molar-refractivity contribution in [3.05, 3.63) is 28.8 Å². The van der Waals surface area contributed by atoms with Gasteiger partial charge in [-0.2, -0.15) is 0 Å². The van der Waals surface area contributed by atoms with Gasteiger partial charge in [0.2, 0.25) is 0 Å². The van der Waals surface area contributed by atoms with Crippen LogP contribution in [0.15, 0.2) is 18.2 Å². The molecule has 22 heavy (non-hydrogen) atoms. The van der Waals surface area contributed by atoms with E-state index in [1.54, 1.807) is 18.2 Å². The SMILES string of the molecule is CCOC(=O)[C@@H]1[C@@H]2CC[C@]3(CC(=O)c4cc(Cl)ccc4O3)[C@@H]21. The van der Waals surface area contributed by atoms with Gasteiger partial charge in [0.1, 0.15) is 11.4 Å². The first kappa shape index (κ1) is 14.1. The Kier molecular flexibility index (Phi) is 3.02. The number of carbonyl (C=O) groups excluding carboxylic acids is 2. The van der Waals surface area contributed by atoms with Gasteiger partial charge in [0.25, 0.3) is 0 Å². The van der Waals surface area contributed by atoms with E-state index in [2.05, 4.69) is 0 Å². The van der Waals surface area contributed by atoms with Crippen molar-refractivity contribution >= 4 is 23.4 Å². The van der Waals surface area contributed by atoms with Crippen LogP contribution in [0.3, 0.4) is 0 Å². The molecule has 3 aliphatic rings. The Morgan fingerprint density at radius 3 is 3.09 bits per heavy atom. The van der Waals surface area contributed by atoms with E-state index in [0.717, 1.165) is 12.8 Å². The minimum absolute atomic E-state index is 0.0545. The molecule has 116 valence electrons. The first-order valence-corrected chi connectivity index (χ1v) is 8.12. The maximum atomic E-state index is 12.5. The molecule has 4 rings (SSSR count). The number of hydrogen-bond donors (Lipinski definition) is 0. The number of ether oxygens (including phenoxy) is 2. The summed E-state index contributed by atoms with van der Waals surface area (Å²) in [5.41, 5.74) is 0.0231. The maximum absolute atomic E-state index is 12.5. The Morgan fingerprint density at radius 2 is 2.32 bits per heavy atom. The lowest BCUT2D eigenvalue weighted by Crippen LogP contribution is -2.43. The van der Waals surface area contributed by atoms with Gasteiger partial charge in [-0.05, 0) is 43.9 Å². The summed E-state index contributed by atoms with van der Waals surface area (Å²) < 4.78 is 11.4. The summed E-state index contributed by atoms with van der Waals surface area (Å²) in [5, 5.41) is 0.534. The van der Waals surface area contributed by atoms with Crippen LogP contribution in [-0.2, 0) is 9.53 Å². The third-order valence-electron chi connectivity index (χ3n) is 5.25. The van der Waals surface area contributed by atoms with Gasteiger partial charge in [0, 0.05) is 10.9 Å². The molecule has 2 saturated carbocycles. The van der Waals surface area contributed by atoms with Crippen molar-refractivity contribution in [2.24, 2.45) is 17.8 Å². The zero-order valence-electron chi connectivity index (χ0n) is 12.3. The number of fused-ring (bicyclic) bond motifs is 3. The van der Waals surface area contributed by atoms with E-state index in [1.165, 1.54) is 0 Å². The van der Waals surface area contributed by atoms with Gasteiger partial charge >= 0.3 is 5.97 Å². The number of ketones is 1. The summed E-state index contributed by atoms with van der Waals surface area (Å²) in [4.78, 5) is 24.5. The summed E-state index contributed by atoms with van der Waals surface area (Å²) in [7, 11) is 0. The molecule has 0 aromatic heterocycles. The quantitative estimate of drug-likeness (QED) is 0.785. The van der Waals surface area contributed by atoms with Crippen LogP contribution < -0.4 is 4.74 Å². The van der Waals surface area contributed by atoms with Gasteiger partial charge in [0.15, 0.2) is 5.78 Å². The zero-order chi connectivity index (χ0) is 15.5. The zero-order valence-corrected chi connectivity index (χ0v) is 13.1. The Bertz CT molecular complexity index is 671.